The number of para-hydroxylation sites is 2. The number of benzene rings is 2. The van der Waals surface area contributed by atoms with Gasteiger partial charge in [-0.25, -0.2) is 0 Å². The molecule has 1 aliphatic rings. The number of ether oxygens (including phenoxy) is 3. The highest BCUT2D eigenvalue weighted by atomic mass is 19.3. The summed E-state index contributed by atoms with van der Waals surface area (Å²) < 4.78 is 40.2. The van der Waals surface area contributed by atoms with Crippen LogP contribution in [0, 0.1) is 0 Å². The van der Waals surface area contributed by atoms with E-state index in [-0.39, 0.29) is 11.7 Å². The summed E-state index contributed by atoms with van der Waals surface area (Å²) in [5, 5.41) is 0. The molecule has 0 aliphatic carbocycles. The van der Waals surface area contributed by atoms with Crippen LogP contribution in [0.5, 0.6) is 17.2 Å². The molecule has 0 saturated heterocycles. The van der Waals surface area contributed by atoms with Gasteiger partial charge in [0.1, 0.15) is 11.9 Å². The lowest BCUT2D eigenvalue weighted by molar-refractivity contribution is -0.143. The Bertz CT molecular complexity index is 766. The summed E-state index contributed by atoms with van der Waals surface area (Å²) in [7, 11) is 1.66. The summed E-state index contributed by atoms with van der Waals surface area (Å²) in [6, 6.07) is 13.4. The van der Waals surface area contributed by atoms with Gasteiger partial charge in [0, 0.05) is 13.6 Å². The first-order valence-corrected chi connectivity index (χ1v) is 8.15. The van der Waals surface area contributed by atoms with Crippen LogP contribution in [0.25, 0.3) is 0 Å². The second kappa shape index (κ2) is 7.59. The molecule has 1 aliphatic heterocycles. The lowest BCUT2D eigenvalue weighted by Gasteiger charge is -2.33. The zero-order chi connectivity index (χ0) is 18.7. The zero-order valence-corrected chi connectivity index (χ0v) is 14.4. The van der Waals surface area contributed by atoms with Crippen molar-refractivity contribution >= 4 is 5.91 Å². The van der Waals surface area contributed by atoms with E-state index in [9.17, 15) is 13.6 Å². The number of carbonyl (C=O) groups excluding carboxylic acids is 1. The van der Waals surface area contributed by atoms with E-state index in [2.05, 4.69) is 4.74 Å². The predicted molar refractivity (Wildman–Crippen MR) is 90.5 cm³/mol. The third-order valence-electron chi connectivity index (χ3n) is 4.03. The number of likely N-dealkylation sites (N-methyl/N-ethyl adjacent to an activating group) is 1. The number of hydrogen-bond donors (Lipinski definition) is 0. The number of carbonyl (C=O) groups is 1. The monoisotopic (exact) mass is 363 g/mol. The van der Waals surface area contributed by atoms with Gasteiger partial charge in [0.2, 0.25) is 6.10 Å². The van der Waals surface area contributed by atoms with E-state index < -0.39 is 18.8 Å². The van der Waals surface area contributed by atoms with E-state index in [0.29, 0.717) is 18.0 Å². The topological polar surface area (TPSA) is 48.0 Å². The average Bonchev–Trinajstić information content (AvgIpc) is 2.61. The molecule has 3 rings (SSSR count). The largest absolute Gasteiger partial charge is 0.482 e. The molecule has 0 bridgehead atoms. The minimum atomic E-state index is -2.86. The van der Waals surface area contributed by atoms with E-state index in [1.54, 1.807) is 38.2 Å². The molecule has 5 nitrogen and oxygen atoms in total. The normalized spacial score (nSPS) is 18.5. The molecule has 138 valence electrons. The molecule has 0 N–H and O–H groups in total. The van der Waals surface area contributed by atoms with Gasteiger partial charge in [-0.2, -0.15) is 8.78 Å². The number of alkyl halides is 2. The maximum Gasteiger partial charge on any atom is 0.387 e. The molecule has 0 aromatic heterocycles. The Hall–Kier alpha value is -2.83. The molecule has 1 amide bonds. The minimum absolute atomic E-state index is 0.0759. The van der Waals surface area contributed by atoms with E-state index in [1.165, 1.54) is 17.0 Å². The van der Waals surface area contributed by atoms with Crippen LogP contribution in [0.2, 0.25) is 0 Å². The fourth-order valence-electron chi connectivity index (χ4n) is 2.74. The molecule has 2 aromatic rings. The fraction of sp³-hybridized carbons (Fsp3) is 0.316. The van der Waals surface area contributed by atoms with Crippen molar-refractivity contribution in [2.75, 3.05) is 7.05 Å². The van der Waals surface area contributed by atoms with Crippen LogP contribution in [-0.2, 0) is 11.3 Å². The highest BCUT2D eigenvalue weighted by Crippen LogP contribution is 2.33. The number of fused-ring (bicyclic) bond motifs is 1. The van der Waals surface area contributed by atoms with Gasteiger partial charge in [-0.15, -0.1) is 0 Å². The Labute approximate surface area is 150 Å². The Morgan fingerprint density at radius 1 is 1.12 bits per heavy atom. The average molecular weight is 363 g/mol. The van der Waals surface area contributed by atoms with E-state index in [1.807, 2.05) is 12.1 Å². The summed E-state index contributed by atoms with van der Waals surface area (Å²) in [6.07, 6.45) is -1.18. The van der Waals surface area contributed by atoms with Crippen LogP contribution in [0.3, 0.4) is 0 Å². The van der Waals surface area contributed by atoms with Crippen LogP contribution >= 0.6 is 0 Å². The van der Waals surface area contributed by atoms with Crippen molar-refractivity contribution in [1.82, 2.24) is 4.90 Å². The summed E-state index contributed by atoms with van der Waals surface area (Å²) in [4.78, 5) is 14.2. The smallest absolute Gasteiger partial charge is 0.387 e. The summed E-state index contributed by atoms with van der Waals surface area (Å²) >= 11 is 0. The minimum Gasteiger partial charge on any atom is -0.482 e. The van der Waals surface area contributed by atoms with Crippen LogP contribution < -0.4 is 14.2 Å². The summed E-state index contributed by atoms with van der Waals surface area (Å²) in [6.45, 7) is -0.775. The lowest BCUT2D eigenvalue weighted by Crippen LogP contribution is -2.49. The SMILES string of the molecule is C[C@@H]1Oc2ccccc2O[C@@H]1C(=O)N(C)Cc1ccc(OC(F)F)cc1. The third-order valence-corrected chi connectivity index (χ3v) is 4.03. The number of halogens is 2. The van der Waals surface area contributed by atoms with Crippen molar-refractivity contribution < 1.29 is 27.8 Å². The maximum atomic E-state index is 12.7. The van der Waals surface area contributed by atoms with Gasteiger partial charge in [0.25, 0.3) is 5.91 Å². The first kappa shape index (κ1) is 18.0. The van der Waals surface area contributed by atoms with Crippen LogP contribution in [0.15, 0.2) is 48.5 Å². The number of rotatable bonds is 5. The van der Waals surface area contributed by atoms with Gasteiger partial charge in [-0.1, -0.05) is 24.3 Å². The van der Waals surface area contributed by atoms with Gasteiger partial charge in [0.15, 0.2) is 11.5 Å². The van der Waals surface area contributed by atoms with Crippen LogP contribution in [-0.4, -0.2) is 36.7 Å². The van der Waals surface area contributed by atoms with Gasteiger partial charge < -0.3 is 19.1 Å². The van der Waals surface area contributed by atoms with Crippen LogP contribution in [0.4, 0.5) is 8.78 Å². The molecular formula is C19H19F2NO4. The lowest BCUT2D eigenvalue weighted by atomic mass is 10.1. The Kier molecular flexibility index (Phi) is 5.25. The molecule has 0 unspecified atom stereocenters. The highest BCUT2D eigenvalue weighted by Gasteiger charge is 2.35. The molecule has 2 atom stereocenters. The van der Waals surface area contributed by atoms with Crippen molar-refractivity contribution in [3.63, 3.8) is 0 Å². The van der Waals surface area contributed by atoms with Gasteiger partial charge >= 0.3 is 6.61 Å². The zero-order valence-electron chi connectivity index (χ0n) is 14.4. The number of amides is 1. The number of nitrogens with zero attached hydrogens (tertiary/aromatic N) is 1. The molecule has 0 saturated carbocycles. The van der Waals surface area contributed by atoms with Crippen LogP contribution in [0.1, 0.15) is 12.5 Å². The van der Waals surface area contributed by atoms with Crippen molar-refractivity contribution in [3.05, 3.63) is 54.1 Å². The highest BCUT2D eigenvalue weighted by molar-refractivity contribution is 5.82. The summed E-state index contributed by atoms with van der Waals surface area (Å²) in [5.41, 5.74) is 0.784. The van der Waals surface area contributed by atoms with Crippen molar-refractivity contribution in [2.45, 2.75) is 32.3 Å². The van der Waals surface area contributed by atoms with E-state index in [0.717, 1.165) is 5.56 Å². The first-order chi connectivity index (χ1) is 12.4. The summed E-state index contributed by atoms with van der Waals surface area (Å²) in [5.74, 6) is 0.999. The molecular weight excluding hydrogens is 344 g/mol. The Morgan fingerprint density at radius 3 is 2.35 bits per heavy atom. The van der Waals surface area contributed by atoms with Crippen molar-refractivity contribution in [2.24, 2.45) is 0 Å². The van der Waals surface area contributed by atoms with E-state index >= 15 is 0 Å². The Morgan fingerprint density at radius 2 is 1.73 bits per heavy atom. The first-order valence-electron chi connectivity index (χ1n) is 8.15. The molecule has 0 radical (unpaired) electrons. The second-order valence-electron chi connectivity index (χ2n) is 6.02. The van der Waals surface area contributed by atoms with E-state index in [4.69, 9.17) is 9.47 Å². The molecule has 26 heavy (non-hydrogen) atoms. The van der Waals surface area contributed by atoms with Gasteiger partial charge in [0.05, 0.1) is 0 Å². The maximum absolute atomic E-state index is 12.7. The second-order valence-corrected chi connectivity index (χ2v) is 6.02. The van der Waals surface area contributed by atoms with Crippen molar-refractivity contribution in [1.29, 1.82) is 0 Å². The fourth-order valence-corrected chi connectivity index (χ4v) is 2.74. The van der Waals surface area contributed by atoms with Gasteiger partial charge in [-0.3, -0.25) is 4.79 Å². The molecule has 0 fully saturated rings. The quantitative estimate of drug-likeness (QED) is 0.816. The standard InChI is InChI=1S/C19H19F2NO4/c1-12-17(26-16-6-4-3-5-15(16)24-12)18(23)22(2)11-13-7-9-14(10-8-13)25-19(20)21/h3-10,12,17,19H,11H2,1-2H3/t12-,17-/m0/s1. The Balaban J connectivity index is 1.64. The molecule has 1 heterocycles. The molecule has 2 aromatic carbocycles. The molecule has 7 heteroatoms. The predicted octanol–water partition coefficient (Wildman–Crippen LogP) is 3.47. The molecule has 0 spiro atoms. The van der Waals surface area contributed by atoms with Crippen molar-refractivity contribution in [3.8, 4) is 17.2 Å². The number of hydrogen-bond acceptors (Lipinski definition) is 4. The third kappa shape index (κ3) is 4.04. The van der Waals surface area contributed by atoms with Gasteiger partial charge in [-0.05, 0) is 36.8 Å².